The lowest BCUT2D eigenvalue weighted by molar-refractivity contribution is -0.461. The molecular weight excluding hydrogens is 1150 g/mol. The quantitative estimate of drug-likeness (QED) is 0.0611. The van der Waals surface area contributed by atoms with Gasteiger partial charge in [-0.2, -0.15) is 173 Å². The number of aryl methyl sites for hydroxylation is 1. The van der Waals surface area contributed by atoms with Gasteiger partial charge in [-0.05, 0) is 36.0 Å². The van der Waals surface area contributed by atoms with Crippen molar-refractivity contribution in [3.63, 3.8) is 0 Å². The van der Waals surface area contributed by atoms with Crippen LogP contribution in [0.4, 0.5) is 149 Å². The molecule has 37 heteroatoms. The average molecular weight is 1180 g/mol. The topological polar surface area (TPSA) is 9.23 Å². The van der Waals surface area contributed by atoms with Crippen LogP contribution in [0, 0.1) is 6.92 Å². The smallest absolute Gasteiger partial charge is 0.460 e. The Morgan fingerprint density at radius 2 is 0.681 bits per heavy atom. The molecule has 0 unspecified atom stereocenters. The minimum Gasteiger partial charge on any atom is -0.493 e. The molecule has 0 aromatic heterocycles. The third kappa shape index (κ3) is 11.2. The molecule has 0 aliphatic carbocycles. The molecule has 1 aromatic rings. The molecule has 0 spiro atoms. The lowest BCUT2D eigenvalue weighted by Gasteiger charge is -2.42. The van der Waals surface area contributed by atoms with E-state index in [1.54, 1.807) is 6.92 Å². The molecule has 1 rings (SSSR count). The van der Waals surface area contributed by atoms with E-state index in [1.165, 1.54) is 0 Å². The highest BCUT2D eigenvalue weighted by molar-refractivity contribution is 7.98. The minimum absolute atomic E-state index is 0.112. The summed E-state index contributed by atoms with van der Waals surface area (Å²) < 4.78 is 469. The minimum atomic E-state index is -8.87. The summed E-state index contributed by atoms with van der Waals surface area (Å²) in [5, 5.41) is 0. The van der Waals surface area contributed by atoms with Crippen molar-refractivity contribution in [2.75, 3.05) is 18.1 Å². The maximum Gasteiger partial charge on any atom is 0.460 e. The van der Waals surface area contributed by atoms with Gasteiger partial charge in [0.05, 0.1) is 6.61 Å². The van der Waals surface area contributed by atoms with Gasteiger partial charge < -0.3 is 4.74 Å². The van der Waals surface area contributed by atoms with Crippen molar-refractivity contribution >= 4 is 23.5 Å². The third-order valence-electron chi connectivity index (χ3n) is 9.88. The van der Waals surface area contributed by atoms with Crippen molar-refractivity contribution in [3.8, 4) is 5.75 Å². The monoisotopic (exact) mass is 1180 g/mol. The largest absolute Gasteiger partial charge is 0.493 e. The van der Waals surface area contributed by atoms with E-state index in [-0.39, 0.29) is 59.0 Å². The standard InChI is InChI=1S/C35H30F34OS2/c1-3-4-5-6-9-70-19-16(2)12-17(14-71-10-7-20(36,37)22(40,41)24(44,45)26(48,49)28(52,53)30(56,57)32(60,61)34(64,65)66)13-18(19)15-72-11-8-21(38,39)23(42,43)25(46,47)27(50,51)29(54,55)31(58,59)33(62,63)35(67,68)69/h12-13H,3-11,14-15H2,1-2H3. The van der Waals surface area contributed by atoms with Crippen LogP contribution in [0.1, 0.15) is 62.1 Å². The summed E-state index contributed by atoms with van der Waals surface area (Å²) in [5.74, 6) is -122. The fraction of sp³-hybridized carbons (Fsp3) is 0.829. The molecule has 0 bridgehead atoms. The zero-order valence-corrected chi connectivity index (χ0v) is 36.6. The highest BCUT2D eigenvalue weighted by Gasteiger charge is 2.97. The van der Waals surface area contributed by atoms with Crippen LogP contribution >= 0.6 is 23.5 Å². The van der Waals surface area contributed by atoms with Gasteiger partial charge in [-0.15, -0.1) is 0 Å². The Hall–Kier alpha value is -2.66. The Morgan fingerprint density at radius 1 is 0.375 bits per heavy atom. The molecule has 0 heterocycles. The van der Waals surface area contributed by atoms with Crippen LogP contribution in [0.15, 0.2) is 12.1 Å². The van der Waals surface area contributed by atoms with E-state index in [1.807, 2.05) is 0 Å². The number of halogens is 34. The molecule has 0 amide bonds. The highest BCUT2D eigenvalue weighted by Crippen LogP contribution is 2.66. The molecule has 1 aromatic carbocycles. The first-order valence-electron chi connectivity index (χ1n) is 18.8. The second kappa shape index (κ2) is 21.0. The Labute approximate surface area is 389 Å². The molecule has 0 aliphatic heterocycles. The molecular formula is C35H30F34OS2. The van der Waals surface area contributed by atoms with Crippen molar-refractivity contribution < 1.29 is 154 Å². The SMILES string of the molecule is CCCCCCOc1c(C)cc(CSCCC(F)(F)C(F)(F)C(F)(F)C(F)(F)C(F)(F)C(F)(F)C(F)(F)C(F)(F)F)cc1CSCCC(F)(F)C(F)(F)C(F)(F)C(F)(F)C(F)(F)C(F)(F)C(F)(F)C(F)(F)F. The summed E-state index contributed by atoms with van der Waals surface area (Å²) in [6.07, 6.45) is -19.8. The van der Waals surface area contributed by atoms with E-state index >= 15 is 0 Å². The average Bonchev–Trinajstić information content (AvgIpc) is 3.19. The van der Waals surface area contributed by atoms with Crippen LogP contribution in [0.3, 0.4) is 0 Å². The van der Waals surface area contributed by atoms with Gasteiger partial charge in [0, 0.05) is 29.9 Å². The zero-order valence-electron chi connectivity index (χ0n) is 35.0. The van der Waals surface area contributed by atoms with Gasteiger partial charge in [-0.1, -0.05) is 38.3 Å². The molecule has 0 fully saturated rings. The van der Waals surface area contributed by atoms with E-state index < -0.39 is 131 Å². The van der Waals surface area contributed by atoms with Crippen LogP contribution in [0.5, 0.6) is 5.75 Å². The normalized spacial score (nSPS) is 15.7. The molecule has 72 heavy (non-hydrogen) atoms. The first-order chi connectivity index (χ1) is 31.5. The zero-order chi connectivity index (χ0) is 57.6. The second-order valence-electron chi connectivity index (χ2n) is 15.2. The van der Waals surface area contributed by atoms with Gasteiger partial charge in [0.1, 0.15) is 5.75 Å². The lowest BCUT2D eigenvalue weighted by Crippen LogP contribution is -2.74. The molecule has 1 nitrogen and oxygen atoms in total. The predicted molar refractivity (Wildman–Crippen MR) is 184 cm³/mol. The first kappa shape index (κ1) is 67.4. The van der Waals surface area contributed by atoms with E-state index in [2.05, 4.69) is 0 Å². The van der Waals surface area contributed by atoms with Crippen molar-refractivity contribution in [3.05, 3.63) is 28.8 Å². The predicted octanol–water partition coefficient (Wildman–Crippen LogP) is 17.2. The van der Waals surface area contributed by atoms with E-state index in [9.17, 15) is 149 Å². The van der Waals surface area contributed by atoms with Gasteiger partial charge in [-0.25, -0.2) is 0 Å². The summed E-state index contributed by atoms with van der Waals surface area (Å²) in [7, 11) is 0. The van der Waals surface area contributed by atoms with Crippen molar-refractivity contribution in [1.29, 1.82) is 0 Å². The highest BCUT2D eigenvalue weighted by atomic mass is 32.2. The number of ether oxygens (including phenoxy) is 1. The number of hydrogen-bond donors (Lipinski definition) is 0. The molecule has 0 saturated heterocycles. The van der Waals surface area contributed by atoms with Gasteiger partial charge in [-0.3, -0.25) is 0 Å². The number of alkyl halides is 34. The maximum absolute atomic E-state index is 14.5. The lowest BCUT2D eigenvalue weighted by atomic mass is 9.88. The van der Waals surface area contributed by atoms with Crippen LogP contribution in [-0.4, -0.2) is 113 Å². The maximum atomic E-state index is 14.5. The number of hydrogen-bond acceptors (Lipinski definition) is 3. The third-order valence-corrected chi connectivity index (χ3v) is 11.9. The molecule has 0 atom stereocenters. The van der Waals surface area contributed by atoms with Gasteiger partial charge in [0.15, 0.2) is 0 Å². The summed E-state index contributed by atoms with van der Waals surface area (Å²) in [4.78, 5) is 0. The van der Waals surface area contributed by atoms with Crippen molar-refractivity contribution in [1.82, 2.24) is 0 Å². The van der Waals surface area contributed by atoms with Crippen molar-refractivity contribution in [2.24, 2.45) is 0 Å². The molecule has 0 radical (unpaired) electrons. The van der Waals surface area contributed by atoms with E-state index in [0.717, 1.165) is 19.1 Å². The second-order valence-corrected chi connectivity index (χ2v) is 17.4. The van der Waals surface area contributed by atoms with Gasteiger partial charge in [0.25, 0.3) is 0 Å². The van der Waals surface area contributed by atoms with Crippen LogP contribution in [0.25, 0.3) is 0 Å². The number of benzene rings is 1. The van der Waals surface area contributed by atoms with Crippen LogP contribution in [-0.2, 0) is 11.5 Å². The Kier molecular flexibility index (Phi) is 19.7. The van der Waals surface area contributed by atoms with Crippen LogP contribution < -0.4 is 4.74 Å². The molecule has 0 saturated carbocycles. The first-order valence-corrected chi connectivity index (χ1v) is 21.2. The van der Waals surface area contributed by atoms with E-state index in [4.69, 9.17) is 4.74 Å². The number of unbranched alkanes of at least 4 members (excludes halogenated alkanes) is 3. The van der Waals surface area contributed by atoms with Crippen LogP contribution in [0.2, 0.25) is 0 Å². The van der Waals surface area contributed by atoms with Crippen molar-refractivity contribution in [2.45, 2.75) is 159 Å². The number of thioether (sulfide) groups is 2. The van der Waals surface area contributed by atoms with Gasteiger partial charge >= 0.3 is 95.3 Å². The molecule has 0 N–H and O–H groups in total. The fourth-order valence-corrected chi connectivity index (χ4v) is 7.43. The fourth-order valence-electron chi connectivity index (χ4n) is 5.51. The Balaban J connectivity index is 3.45. The summed E-state index contributed by atoms with van der Waals surface area (Å²) in [5.41, 5.74) is -0.782. The Morgan fingerprint density at radius 3 is 1.00 bits per heavy atom. The molecule has 0 aliphatic rings. The summed E-state index contributed by atoms with van der Waals surface area (Å²) >= 11 is -0.251. The summed E-state index contributed by atoms with van der Waals surface area (Å²) in [6.45, 7) is 2.60. The Bertz CT molecular complexity index is 1950. The van der Waals surface area contributed by atoms with Gasteiger partial charge in [0.2, 0.25) is 0 Å². The number of rotatable bonds is 28. The molecule has 426 valence electrons. The summed E-state index contributed by atoms with van der Waals surface area (Å²) in [6, 6.07) is 1.80. The van der Waals surface area contributed by atoms with E-state index in [0.29, 0.717) is 19.3 Å².